The first-order chi connectivity index (χ1) is 14.1. The van der Waals surface area contributed by atoms with Gasteiger partial charge in [0, 0.05) is 42.4 Å². The average molecular weight is 392 g/mol. The second-order valence-electron chi connectivity index (χ2n) is 7.40. The standard InChI is InChI=1S/C21H24N6O2/c1-14(2)29-19-8-7-18(25-26-19)24-21(28)27-12-9-15(10-13-27)17-6-5-16-4-3-11-22-20(16)23-17/h3-8,11,14-15H,9-10,12-13H2,1-2H3,(H,24,25,28). The Morgan fingerprint density at radius 2 is 1.97 bits per heavy atom. The fraction of sp³-hybridized carbons (Fsp3) is 0.381. The summed E-state index contributed by atoms with van der Waals surface area (Å²) in [6.45, 7) is 5.18. The summed E-state index contributed by atoms with van der Waals surface area (Å²) in [6, 6.07) is 11.3. The summed E-state index contributed by atoms with van der Waals surface area (Å²) in [7, 11) is 0. The Labute approximate surface area is 169 Å². The predicted molar refractivity (Wildman–Crippen MR) is 110 cm³/mol. The van der Waals surface area contributed by atoms with Crippen LogP contribution in [-0.4, -0.2) is 50.3 Å². The van der Waals surface area contributed by atoms with Crippen LogP contribution < -0.4 is 10.1 Å². The van der Waals surface area contributed by atoms with Gasteiger partial charge in [-0.05, 0) is 57.0 Å². The summed E-state index contributed by atoms with van der Waals surface area (Å²) in [6.07, 6.45) is 3.52. The maximum atomic E-state index is 12.5. The maximum absolute atomic E-state index is 12.5. The Kier molecular flexibility index (Phi) is 5.50. The highest BCUT2D eigenvalue weighted by Gasteiger charge is 2.25. The molecule has 0 bridgehead atoms. The van der Waals surface area contributed by atoms with Gasteiger partial charge < -0.3 is 9.64 Å². The first kappa shape index (κ1) is 19.0. The van der Waals surface area contributed by atoms with Crippen LogP contribution in [0, 0.1) is 0 Å². The highest BCUT2D eigenvalue weighted by Crippen LogP contribution is 2.28. The van der Waals surface area contributed by atoms with Crippen molar-refractivity contribution < 1.29 is 9.53 Å². The number of aromatic nitrogens is 4. The van der Waals surface area contributed by atoms with Crippen LogP contribution in [0.4, 0.5) is 10.6 Å². The van der Waals surface area contributed by atoms with Gasteiger partial charge in [0.1, 0.15) is 0 Å². The minimum absolute atomic E-state index is 0.0268. The maximum Gasteiger partial charge on any atom is 0.323 e. The van der Waals surface area contributed by atoms with E-state index in [0.717, 1.165) is 29.6 Å². The lowest BCUT2D eigenvalue weighted by Gasteiger charge is -2.31. The SMILES string of the molecule is CC(C)Oc1ccc(NC(=O)N2CCC(c3ccc4cccnc4n3)CC2)nn1. The zero-order chi connectivity index (χ0) is 20.2. The molecule has 29 heavy (non-hydrogen) atoms. The quantitative estimate of drug-likeness (QED) is 0.729. The zero-order valence-corrected chi connectivity index (χ0v) is 16.6. The van der Waals surface area contributed by atoms with Gasteiger partial charge in [0.15, 0.2) is 11.5 Å². The number of carbonyl (C=O) groups is 1. The zero-order valence-electron chi connectivity index (χ0n) is 16.6. The Hall–Kier alpha value is -3.29. The molecule has 150 valence electrons. The van der Waals surface area contributed by atoms with Crippen LogP contribution in [0.5, 0.6) is 5.88 Å². The summed E-state index contributed by atoms with van der Waals surface area (Å²) in [4.78, 5) is 23.4. The van der Waals surface area contributed by atoms with Gasteiger partial charge in [0.25, 0.3) is 0 Å². The van der Waals surface area contributed by atoms with E-state index in [4.69, 9.17) is 9.72 Å². The molecule has 0 atom stereocenters. The van der Waals surface area contributed by atoms with Gasteiger partial charge in [0.05, 0.1) is 6.10 Å². The fourth-order valence-electron chi connectivity index (χ4n) is 3.45. The molecular weight excluding hydrogens is 368 g/mol. The third-order valence-corrected chi connectivity index (χ3v) is 4.92. The van der Waals surface area contributed by atoms with E-state index in [1.54, 1.807) is 23.2 Å². The average Bonchev–Trinajstić information content (AvgIpc) is 2.74. The van der Waals surface area contributed by atoms with Crippen molar-refractivity contribution in [2.45, 2.75) is 38.7 Å². The van der Waals surface area contributed by atoms with Gasteiger partial charge in [-0.1, -0.05) is 0 Å². The molecule has 8 nitrogen and oxygen atoms in total. The molecule has 1 N–H and O–H groups in total. The van der Waals surface area contributed by atoms with Crippen LogP contribution in [0.2, 0.25) is 0 Å². The van der Waals surface area contributed by atoms with E-state index in [0.29, 0.717) is 30.7 Å². The number of nitrogens with one attached hydrogen (secondary N) is 1. The highest BCUT2D eigenvalue weighted by molar-refractivity contribution is 5.88. The number of anilines is 1. The summed E-state index contributed by atoms with van der Waals surface area (Å²) in [5.41, 5.74) is 1.82. The van der Waals surface area contributed by atoms with Gasteiger partial charge in [0.2, 0.25) is 5.88 Å². The van der Waals surface area contributed by atoms with Crippen LogP contribution in [-0.2, 0) is 0 Å². The van der Waals surface area contributed by atoms with Crippen LogP contribution in [0.3, 0.4) is 0 Å². The summed E-state index contributed by atoms with van der Waals surface area (Å²) in [5.74, 6) is 1.18. The molecule has 0 radical (unpaired) electrons. The number of nitrogens with zero attached hydrogens (tertiary/aromatic N) is 5. The number of fused-ring (bicyclic) bond motifs is 1. The molecule has 0 aromatic carbocycles. The molecule has 1 aliphatic heterocycles. The minimum atomic E-state index is -0.164. The molecule has 4 rings (SSSR count). The molecule has 3 aromatic rings. The Morgan fingerprint density at radius 1 is 1.14 bits per heavy atom. The molecule has 1 fully saturated rings. The number of pyridine rings is 2. The Bertz CT molecular complexity index is 984. The van der Waals surface area contributed by atoms with Gasteiger partial charge in [-0.3, -0.25) is 5.32 Å². The van der Waals surface area contributed by atoms with E-state index in [9.17, 15) is 4.79 Å². The van der Waals surface area contributed by atoms with Crippen LogP contribution in [0.1, 0.15) is 38.3 Å². The number of amides is 2. The van der Waals surface area contributed by atoms with Crippen molar-refractivity contribution in [1.29, 1.82) is 0 Å². The molecule has 1 saturated heterocycles. The number of urea groups is 1. The summed E-state index contributed by atoms with van der Waals surface area (Å²) in [5, 5.41) is 11.8. The van der Waals surface area contributed by atoms with Crippen molar-refractivity contribution in [3.8, 4) is 5.88 Å². The van der Waals surface area contributed by atoms with Gasteiger partial charge in [-0.2, -0.15) is 0 Å². The summed E-state index contributed by atoms with van der Waals surface area (Å²) >= 11 is 0. The van der Waals surface area contributed by atoms with Crippen molar-refractivity contribution in [3.63, 3.8) is 0 Å². The van der Waals surface area contributed by atoms with Crippen molar-refractivity contribution in [1.82, 2.24) is 25.1 Å². The highest BCUT2D eigenvalue weighted by atomic mass is 16.5. The molecule has 4 heterocycles. The smallest absolute Gasteiger partial charge is 0.323 e. The topological polar surface area (TPSA) is 93.1 Å². The predicted octanol–water partition coefficient (Wildman–Crippen LogP) is 3.62. The fourth-order valence-corrected chi connectivity index (χ4v) is 3.45. The molecule has 0 aliphatic carbocycles. The number of hydrogen-bond acceptors (Lipinski definition) is 6. The van der Waals surface area contributed by atoms with Crippen LogP contribution in [0.15, 0.2) is 42.6 Å². The van der Waals surface area contributed by atoms with E-state index in [2.05, 4.69) is 32.6 Å². The molecule has 0 saturated carbocycles. The first-order valence-electron chi connectivity index (χ1n) is 9.86. The number of carbonyl (C=O) groups excluding carboxylic acids is 1. The lowest BCUT2D eigenvalue weighted by Crippen LogP contribution is -2.40. The molecule has 0 spiro atoms. The van der Waals surface area contributed by atoms with Crippen molar-refractivity contribution >= 4 is 22.9 Å². The first-order valence-corrected chi connectivity index (χ1v) is 9.86. The van der Waals surface area contributed by atoms with E-state index < -0.39 is 0 Å². The van der Waals surface area contributed by atoms with Gasteiger partial charge in [-0.15, -0.1) is 10.2 Å². The van der Waals surface area contributed by atoms with Crippen molar-refractivity contribution in [3.05, 3.63) is 48.3 Å². The third kappa shape index (κ3) is 4.59. The van der Waals surface area contributed by atoms with Gasteiger partial charge >= 0.3 is 6.03 Å². The van der Waals surface area contributed by atoms with E-state index in [1.165, 1.54) is 0 Å². The van der Waals surface area contributed by atoms with Crippen LogP contribution >= 0.6 is 0 Å². The largest absolute Gasteiger partial charge is 0.474 e. The summed E-state index contributed by atoms with van der Waals surface area (Å²) < 4.78 is 5.46. The molecule has 1 aliphatic rings. The number of rotatable bonds is 4. The lowest BCUT2D eigenvalue weighted by molar-refractivity contribution is 0.194. The second-order valence-corrected chi connectivity index (χ2v) is 7.40. The number of ether oxygens (including phenoxy) is 1. The molecule has 0 unspecified atom stereocenters. The van der Waals surface area contributed by atoms with E-state index in [1.807, 2.05) is 26.0 Å². The molecule has 3 aromatic heterocycles. The van der Waals surface area contributed by atoms with Crippen molar-refractivity contribution in [2.75, 3.05) is 18.4 Å². The lowest BCUT2D eigenvalue weighted by atomic mass is 9.93. The van der Waals surface area contributed by atoms with Crippen LogP contribution in [0.25, 0.3) is 11.0 Å². The number of hydrogen-bond donors (Lipinski definition) is 1. The molecule has 8 heteroatoms. The minimum Gasteiger partial charge on any atom is -0.474 e. The van der Waals surface area contributed by atoms with E-state index >= 15 is 0 Å². The van der Waals surface area contributed by atoms with Crippen molar-refractivity contribution in [2.24, 2.45) is 0 Å². The number of piperidine rings is 1. The normalized spacial score (nSPS) is 14.9. The number of likely N-dealkylation sites (tertiary alicyclic amines) is 1. The second kappa shape index (κ2) is 8.38. The Morgan fingerprint density at radius 3 is 2.69 bits per heavy atom. The molecule has 2 amide bonds. The monoisotopic (exact) mass is 392 g/mol. The third-order valence-electron chi connectivity index (χ3n) is 4.92. The Balaban J connectivity index is 1.33. The molecular formula is C21H24N6O2. The van der Waals surface area contributed by atoms with Gasteiger partial charge in [-0.25, -0.2) is 14.8 Å². The van der Waals surface area contributed by atoms with E-state index in [-0.39, 0.29) is 12.1 Å².